The molecule has 0 aliphatic heterocycles. The molecule has 122 valence electrons. The minimum absolute atomic E-state index is 0.102. The molecule has 0 heterocycles. The van der Waals surface area contributed by atoms with Gasteiger partial charge in [0, 0.05) is 16.9 Å². The molecule has 2 aromatic carbocycles. The lowest BCUT2D eigenvalue weighted by molar-refractivity contribution is -0.114. The molecule has 0 fully saturated rings. The lowest BCUT2D eigenvalue weighted by atomic mass is 10.2. The fourth-order valence-corrected chi connectivity index (χ4v) is 1.91. The number of methoxy groups -OCH3 is 1. The average Bonchev–Trinajstić information content (AvgIpc) is 2.61. The summed E-state index contributed by atoms with van der Waals surface area (Å²) < 4.78 is 5.07. The van der Waals surface area contributed by atoms with Crippen molar-refractivity contribution in [1.29, 1.82) is 0 Å². The Morgan fingerprint density at radius 3 is 2.62 bits per heavy atom. The van der Waals surface area contributed by atoms with Crippen LogP contribution < -0.4 is 21.1 Å². The number of terminal acetylenes is 1. The van der Waals surface area contributed by atoms with Gasteiger partial charge in [-0.05, 0) is 42.5 Å². The molecule has 0 spiro atoms. The molecule has 0 bridgehead atoms. The largest absolute Gasteiger partial charge is 0.497 e. The van der Waals surface area contributed by atoms with E-state index >= 15 is 0 Å². The molecule has 6 heteroatoms. The number of nitrogens with two attached hydrogens (primary N) is 1. The molecule has 4 N–H and O–H groups in total. The van der Waals surface area contributed by atoms with Crippen LogP contribution in [0, 0.1) is 12.3 Å². The van der Waals surface area contributed by atoms with E-state index in [2.05, 4.69) is 21.5 Å². The number of carbonyl (C=O) groups is 1. The van der Waals surface area contributed by atoms with Gasteiger partial charge in [-0.25, -0.2) is 4.99 Å². The van der Waals surface area contributed by atoms with Crippen molar-refractivity contribution < 1.29 is 9.53 Å². The molecule has 0 atom stereocenters. The van der Waals surface area contributed by atoms with Gasteiger partial charge in [0.1, 0.15) is 12.3 Å². The molecule has 0 saturated heterocycles. The number of hydrogen-bond donors (Lipinski definition) is 3. The van der Waals surface area contributed by atoms with Crippen LogP contribution in [0.1, 0.15) is 5.56 Å². The van der Waals surface area contributed by atoms with Gasteiger partial charge in [-0.3, -0.25) is 4.79 Å². The molecule has 0 saturated carbocycles. The summed E-state index contributed by atoms with van der Waals surface area (Å²) in [6.07, 6.45) is 5.32. The number of nitrogens with one attached hydrogen (secondary N) is 2. The van der Waals surface area contributed by atoms with E-state index in [1.165, 1.54) is 0 Å². The van der Waals surface area contributed by atoms with Crippen molar-refractivity contribution in [3.05, 3.63) is 54.1 Å². The summed E-state index contributed by atoms with van der Waals surface area (Å²) >= 11 is 0. The van der Waals surface area contributed by atoms with E-state index in [1.54, 1.807) is 55.6 Å². The van der Waals surface area contributed by atoms with E-state index in [9.17, 15) is 4.79 Å². The van der Waals surface area contributed by atoms with E-state index in [0.29, 0.717) is 11.3 Å². The smallest absolute Gasteiger partial charge is 0.246 e. The Morgan fingerprint density at radius 2 is 1.96 bits per heavy atom. The highest BCUT2D eigenvalue weighted by atomic mass is 16.5. The van der Waals surface area contributed by atoms with Crippen molar-refractivity contribution in [2.45, 2.75) is 0 Å². The van der Waals surface area contributed by atoms with Gasteiger partial charge in [0.25, 0.3) is 0 Å². The lowest BCUT2D eigenvalue weighted by Gasteiger charge is -2.07. The lowest BCUT2D eigenvalue weighted by Crippen LogP contribution is -2.25. The second-order valence-electron chi connectivity index (χ2n) is 4.83. The molecular weight excluding hydrogens is 304 g/mol. The van der Waals surface area contributed by atoms with Gasteiger partial charge in [-0.1, -0.05) is 12.0 Å². The number of hydrogen-bond acceptors (Lipinski definition) is 3. The number of ether oxygens (including phenoxy) is 1. The van der Waals surface area contributed by atoms with Gasteiger partial charge in [0.05, 0.1) is 7.11 Å². The predicted octanol–water partition coefficient (Wildman–Crippen LogP) is 2.04. The van der Waals surface area contributed by atoms with Crippen molar-refractivity contribution in [3.8, 4) is 18.1 Å². The second-order valence-corrected chi connectivity index (χ2v) is 4.83. The van der Waals surface area contributed by atoms with Gasteiger partial charge >= 0.3 is 0 Å². The van der Waals surface area contributed by atoms with Crippen molar-refractivity contribution in [2.75, 3.05) is 24.3 Å². The maximum absolute atomic E-state index is 11.9. The monoisotopic (exact) mass is 322 g/mol. The highest BCUT2D eigenvalue weighted by Gasteiger charge is 2.03. The van der Waals surface area contributed by atoms with Gasteiger partial charge in [0.2, 0.25) is 5.91 Å². The third kappa shape index (κ3) is 5.07. The molecule has 0 aromatic heterocycles. The zero-order chi connectivity index (χ0) is 17.4. The van der Waals surface area contributed by atoms with Crippen molar-refractivity contribution >= 4 is 23.2 Å². The van der Waals surface area contributed by atoms with E-state index in [1.807, 2.05) is 0 Å². The predicted molar refractivity (Wildman–Crippen MR) is 96.1 cm³/mol. The summed E-state index contributed by atoms with van der Waals surface area (Å²) in [5.74, 6) is 3.11. The molecule has 0 aliphatic rings. The Bertz CT molecular complexity index is 776. The highest BCUT2D eigenvalue weighted by Crippen LogP contribution is 2.14. The number of guanidine groups is 1. The number of benzene rings is 2. The van der Waals surface area contributed by atoms with Gasteiger partial charge in [-0.2, -0.15) is 0 Å². The minimum Gasteiger partial charge on any atom is -0.497 e. The van der Waals surface area contributed by atoms with Crippen molar-refractivity contribution in [1.82, 2.24) is 0 Å². The van der Waals surface area contributed by atoms with E-state index < -0.39 is 0 Å². The van der Waals surface area contributed by atoms with E-state index in [4.69, 9.17) is 16.9 Å². The molecule has 0 aliphatic carbocycles. The number of aliphatic imine (C=N–C) groups is 1. The highest BCUT2D eigenvalue weighted by molar-refractivity contribution is 5.97. The zero-order valence-corrected chi connectivity index (χ0v) is 13.2. The van der Waals surface area contributed by atoms with Crippen molar-refractivity contribution in [2.24, 2.45) is 10.7 Å². The molecule has 2 rings (SSSR count). The summed E-state index contributed by atoms with van der Waals surface area (Å²) in [6, 6.07) is 14.2. The number of amides is 1. The number of nitrogens with zero attached hydrogens (tertiary/aromatic N) is 1. The first kappa shape index (κ1) is 16.9. The molecule has 6 nitrogen and oxygen atoms in total. The molecule has 0 radical (unpaired) electrons. The molecule has 0 unspecified atom stereocenters. The number of rotatable bonds is 5. The van der Waals surface area contributed by atoms with Gasteiger partial charge in [-0.15, -0.1) is 6.42 Å². The third-order valence-corrected chi connectivity index (χ3v) is 3.07. The SMILES string of the molecule is C#Cc1cccc(NC(=O)CN=C(N)Nc2ccc(OC)cc2)c1. The molecule has 1 amide bonds. The van der Waals surface area contributed by atoms with E-state index in [0.717, 1.165) is 11.4 Å². The van der Waals surface area contributed by atoms with Crippen LogP contribution in [0.25, 0.3) is 0 Å². The minimum atomic E-state index is -0.288. The maximum Gasteiger partial charge on any atom is 0.246 e. The third-order valence-electron chi connectivity index (χ3n) is 3.07. The first-order valence-corrected chi connectivity index (χ1v) is 7.18. The topological polar surface area (TPSA) is 88.7 Å². The fraction of sp³-hybridized carbons (Fsp3) is 0.111. The first-order valence-electron chi connectivity index (χ1n) is 7.18. The van der Waals surface area contributed by atoms with Crippen LogP contribution in [0.5, 0.6) is 5.75 Å². The van der Waals surface area contributed by atoms with Crippen LogP contribution in [0.2, 0.25) is 0 Å². The zero-order valence-electron chi connectivity index (χ0n) is 13.2. The Kier molecular flexibility index (Phi) is 5.81. The Labute approximate surface area is 140 Å². The van der Waals surface area contributed by atoms with Crippen LogP contribution in [-0.4, -0.2) is 25.5 Å². The van der Waals surface area contributed by atoms with Crippen LogP contribution >= 0.6 is 0 Å². The quantitative estimate of drug-likeness (QED) is 0.446. The number of anilines is 2. The van der Waals surface area contributed by atoms with Crippen LogP contribution in [0.3, 0.4) is 0 Å². The summed E-state index contributed by atoms with van der Waals surface area (Å²) in [7, 11) is 1.59. The van der Waals surface area contributed by atoms with Crippen LogP contribution in [-0.2, 0) is 4.79 Å². The fourth-order valence-electron chi connectivity index (χ4n) is 1.91. The Morgan fingerprint density at radius 1 is 1.21 bits per heavy atom. The summed E-state index contributed by atoms with van der Waals surface area (Å²) in [5.41, 5.74) is 7.82. The van der Waals surface area contributed by atoms with Crippen LogP contribution in [0.15, 0.2) is 53.5 Å². The Hall–Kier alpha value is -3.46. The van der Waals surface area contributed by atoms with Gasteiger partial charge in [0.15, 0.2) is 5.96 Å². The van der Waals surface area contributed by atoms with E-state index in [-0.39, 0.29) is 18.4 Å². The molecule has 2 aromatic rings. The molecular formula is C18H18N4O2. The normalized spacial score (nSPS) is 10.6. The standard InChI is InChI=1S/C18H18N4O2/c1-3-13-5-4-6-15(11-13)21-17(23)12-20-18(19)22-14-7-9-16(24-2)10-8-14/h1,4-11H,12H2,2H3,(H,21,23)(H3,19,20,22). The summed E-state index contributed by atoms with van der Waals surface area (Å²) in [6.45, 7) is -0.102. The van der Waals surface area contributed by atoms with Crippen LogP contribution in [0.4, 0.5) is 11.4 Å². The molecule has 24 heavy (non-hydrogen) atoms. The van der Waals surface area contributed by atoms with Crippen molar-refractivity contribution in [3.63, 3.8) is 0 Å². The number of carbonyl (C=O) groups excluding carboxylic acids is 1. The second kappa shape index (κ2) is 8.25. The first-order chi connectivity index (χ1) is 11.6. The maximum atomic E-state index is 11.9. The Balaban J connectivity index is 1.88. The average molecular weight is 322 g/mol. The summed E-state index contributed by atoms with van der Waals surface area (Å²) in [4.78, 5) is 15.9. The van der Waals surface area contributed by atoms with Gasteiger partial charge < -0.3 is 21.1 Å². The summed E-state index contributed by atoms with van der Waals surface area (Å²) in [5, 5.41) is 5.61.